The SMILES string of the molecule is CCC1=Nc2[nH]ncc2C(c2ccccc2[N+](=O)[O-])C1C#N. The number of nitro benzene ring substituents is 1. The Morgan fingerprint density at radius 2 is 2.18 bits per heavy atom. The number of nitrogens with one attached hydrogen (secondary N) is 1. The molecular weight excluding hydrogens is 282 g/mol. The van der Waals surface area contributed by atoms with E-state index >= 15 is 0 Å². The second-order valence-corrected chi connectivity index (χ2v) is 5.03. The van der Waals surface area contributed by atoms with E-state index in [9.17, 15) is 15.4 Å². The first-order valence-electron chi connectivity index (χ1n) is 6.91. The van der Waals surface area contributed by atoms with Crippen LogP contribution in [0.1, 0.15) is 30.4 Å². The van der Waals surface area contributed by atoms with Gasteiger partial charge in [0.1, 0.15) is 0 Å². The Morgan fingerprint density at radius 3 is 2.86 bits per heavy atom. The number of aromatic nitrogens is 2. The first kappa shape index (κ1) is 13.9. The average Bonchev–Trinajstić information content (AvgIpc) is 3.00. The van der Waals surface area contributed by atoms with Gasteiger partial charge in [0.2, 0.25) is 0 Å². The lowest BCUT2D eigenvalue weighted by molar-refractivity contribution is -0.385. The van der Waals surface area contributed by atoms with Crippen molar-refractivity contribution >= 4 is 17.2 Å². The Bertz CT molecular complexity index is 802. The Labute approximate surface area is 126 Å². The van der Waals surface area contributed by atoms with Gasteiger partial charge < -0.3 is 0 Å². The highest BCUT2D eigenvalue weighted by Crippen LogP contribution is 2.44. The van der Waals surface area contributed by atoms with Crippen LogP contribution in [0.5, 0.6) is 0 Å². The van der Waals surface area contributed by atoms with Gasteiger partial charge in [-0.3, -0.25) is 15.2 Å². The summed E-state index contributed by atoms with van der Waals surface area (Å²) in [6.07, 6.45) is 2.20. The van der Waals surface area contributed by atoms with Crippen LogP contribution in [0.25, 0.3) is 0 Å². The summed E-state index contributed by atoms with van der Waals surface area (Å²) in [4.78, 5) is 15.3. The summed E-state index contributed by atoms with van der Waals surface area (Å²) in [5.41, 5.74) is 1.96. The number of hydrogen-bond donors (Lipinski definition) is 1. The van der Waals surface area contributed by atoms with Crippen LogP contribution in [0, 0.1) is 27.4 Å². The Kier molecular flexibility index (Phi) is 3.43. The van der Waals surface area contributed by atoms with Crippen LogP contribution < -0.4 is 0 Å². The first-order chi connectivity index (χ1) is 10.7. The normalized spacial score (nSPS) is 19.9. The van der Waals surface area contributed by atoms with Crippen molar-refractivity contribution in [3.8, 4) is 6.07 Å². The summed E-state index contributed by atoms with van der Waals surface area (Å²) in [6, 6.07) is 8.78. The van der Waals surface area contributed by atoms with E-state index in [0.717, 1.165) is 5.56 Å². The molecule has 0 fully saturated rings. The van der Waals surface area contributed by atoms with Gasteiger partial charge in [-0.15, -0.1) is 0 Å². The van der Waals surface area contributed by atoms with Crippen molar-refractivity contribution < 1.29 is 4.92 Å². The van der Waals surface area contributed by atoms with Crippen LogP contribution >= 0.6 is 0 Å². The van der Waals surface area contributed by atoms with Crippen molar-refractivity contribution in [2.45, 2.75) is 19.3 Å². The van der Waals surface area contributed by atoms with Gasteiger partial charge in [0, 0.05) is 28.8 Å². The van der Waals surface area contributed by atoms with Crippen LogP contribution in [-0.2, 0) is 0 Å². The minimum Gasteiger partial charge on any atom is -0.261 e. The Hall–Kier alpha value is -3.01. The molecule has 2 unspecified atom stereocenters. The van der Waals surface area contributed by atoms with Gasteiger partial charge in [-0.25, -0.2) is 4.99 Å². The number of aromatic amines is 1. The molecule has 0 saturated carbocycles. The van der Waals surface area contributed by atoms with Crippen molar-refractivity contribution in [2.24, 2.45) is 10.9 Å². The molecule has 22 heavy (non-hydrogen) atoms. The van der Waals surface area contributed by atoms with Gasteiger partial charge in [-0.2, -0.15) is 10.4 Å². The molecule has 1 aliphatic heterocycles. The van der Waals surface area contributed by atoms with Gasteiger partial charge >= 0.3 is 0 Å². The first-order valence-corrected chi connectivity index (χ1v) is 6.91. The molecule has 1 aliphatic rings. The third-order valence-corrected chi connectivity index (χ3v) is 3.90. The Balaban J connectivity index is 2.24. The van der Waals surface area contributed by atoms with E-state index < -0.39 is 16.8 Å². The van der Waals surface area contributed by atoms with Gasteiger partial charge in [-0.1, -0.05) is 25.1 Å². The maximum atomic E-state index is 11.3. The maximum Gasteiger partial charge on any atom is 0.273 e. The lowest BCUT2D eigenvalue weighted by atomic mass is 9.77. The average molecular weight is 295 g/mol. The number of aliphatic imine (C=N–C) groups is 1. The molecular formula is C15H13N5O2. The fourth-order valence-electron chi connectivity index (χ4n) is 2.90. The zero-order valence-electron chi connectivity index (χ0n) is 11.9. The quantitative estimate of drug-likeness (QED) is 0.693. The number of hydrogen-bond acceptors (Lipinski definition) is 5. The summed E-state index contributed by atoms with van der Waals surface area (Å²) in [7, 11) is 0. The second kappa shape index (κ2) is 5.41. The van der Waals surface area contributed by atoms with Gasteiger partial charge in [0.05, 0.1) is 23.1 Å². The fourth-order valence-corrected chi connectivity index (χ4v) is 2.90. The van der Waals surface area contributed by atoms with Gasteiger partial charge in [0.15, 0.2) is 5.82 Å². The number of para-hydroxylation sites is 1. The third kappa shape index (κ3) is 2.05. The molecule has 0 aliphatic carbocycles. The lowest BCUT2D eigenvalue weighted by Crippen LogP contribution is -2.25. The molecule has 1 N–H and O–H groups in total. The van der Waals surface area contributed by atoms with E-state index in [1.165, 1.54) is 6.07 Å². The number of nitrogens with zero attached hydrogens (tertiary/aromatic N) is 4. The van der Waals surface area contributed by atoms with Crippen molar-refractivity contribution in [1.29, 1.82) is 5.26 Å². The smallest absolute Gasteiger partial charge is 0.261 e. The predicted octanol–water partition coefficient (Wildman–Crippen LogP) is 3.09. The number of rotatable bonds is 3. The standard InChI is InChI=1S/C15H13N5O2/c1-2-12-10(7-16)14(11-8-17-19-15(11)18-12)9-5-3-4-6-13(9)20(21)22/h3-6,8,10,14H,2H2,1H3,(H,17,19). The van der Waals surface area contributed by atoms with E-state index in [-0.39, 0.29) is 5.69 Å². The largest absolute Gasteiger partial charge is 0.273 e. The zero-order valence-corrected chi connectivity index (χ0v) is 11.9. The van der Waals surface area contributed by atoms with E-state index in [4.69, 9.17) is 0 Å². The molecule has 2 heterocycles. The fraction of sp³-hybridized carbons (Fsp3) is 0.267. The zero-order chi connectivity index (χ0) is 15.7. The number of benzene rings is 1. The highest BCUT2D eigenvalue weighted by Gasteiger charge is 2.38. The monoisotopic (exact) mass is 295 g/mol. The summed E-state index contributed by atoms with van der Waals surface area (Å²) in [5, 5.41) is 27.7. The van der Waals surface area contributed by atoms with Crippen LogP contribution in [0.3, 0.4) is 0 Å². The predicted molar refractivity (Wildman–Crippen MR) is 80.0 cm³/mol. The highest BCUT2D eigenvalue weighted by molar-refractivity contribution is 5.94. The van der Waals surface area contributed by atoms with Gasteiger partial charge in [0.25, 0.3) is 5.69 Å². The van der Waals surface area contributed by atoms with Crippen LogP contribution in [0.2, 0.25) is 0 Å². The number of nitro groups is 1. The van der Waals surface area contributed by atoms with Crippen LogP contribution in [-0.4, -0.2) is 20.8 Å². The summed E-state index contributed by atoms with van der Waals surface area (Å²) in [5.74, 6) is -0.393. The van der Waals surface area contributed by atoms with E-state index in [0.29, 0.717) is 23.5 Å². The van der Waals surface area contributed by atoms with Crippen molar-refractivity contribution in [3.63, 3.8) is 0 Å². The molecule has 1 aromatic carbocycles. The molecule has 2 aromatic rings. The second-order valence-electron chi connectivity index (χ2n) is 5.03. The molecule has 0 amide bonds. The van der Waals surface area contributed by atoms with Crippen molar-refractivity contribution in [3.05, 3.63) is 51.7 Å². The molecule has 110 valence electrons. The Morgan fingerprint density at radius 1 is 1.41 bits per heavy atom. The van der Waals surface area contributed by atoms with Crippen LogP contribution in [0.4, 0.5) is 11.5 Å². The molecule has 0 saturated heterocycles. The number of H-pyrrole nitrogens is 1. The topological polar surface area (TPSA) is 108 Å². The number of nitriles is 1. The summed E-state index contributed by atoms with van der Waals surface area (Å²) in [6.45, 7) is 1.92. The molecule has 7 heteroatoms. The van der Waals surface area contributed by atoms with Crippen molar-refractivity contribution in [1.82, 2.24) is 10.2 Å². The van der Waals surface area contributed by atoms with E-state index in [1.54, 1.807) is 24.4 Å². The molecule has 1 aromatic heterocycles. The minimum absolute atomic E-state index is 0.0113. The highest BCUT2D eigenvalue weighted by atomic mass is 16.6. The maximum absolute atomic E-state index is 11.3. The third-order valence-electron chi connectivity index (χ3n) is 3.90. The molecule has 7 nitrogen and oxygen atoms in total. The molecule has 0 radical (unpaired) electrons. The molecule has 3 rings (SSSR count). The summed E-state index contributed by atoms with van der Waals surface area (Å²) >= 11 is 0. The van der Waals surface area contributed by atoms with Crippen LogP contribution in [0.15, 0.2) is 35.5 Å². The molecule has 0 bridgehead atoms. The molecule has 0 spiro atoms. The van der Waals surface area contributed by atoms with Crippen molar-refractivity contribution in [2.75, 3.05) is 0 Å². The summed E-state index contributed by atoms with van der Waals surface area (Å²) < 4.78 is 0. The van der Waals surface area contributed by atoms with Gasteiger partial charge in [-0.05, 0) is 6.42 Å². The van der Waals surface area contributed by atoms with E-state index in [2.05, 4.69) is 21.3 Å². The van der Waals surface area contributed by atoms with E-state index in [1.807, 2.05) is 6.92 Å². The minimum atomic E-state index is -0.531. The molecule has 2 atom stereocenters. The lowest BCUT2D eigenvalue weighted by Gasteiger charge is -2.26. The number of fused-ring (bicyclic) bond motifs is 1.